The molecule has 0 aliphatic heterocycles. The summed E-state index contributed by atoms with van der Waals surface area (Å²) in [7, 11) is 0. The van der Waals surface area contributed by atoms with Crippen LogP contribution in [0.2, 0.25) is 0 Å². The number of aromatic nitrogens is 2. The number of nitrogens with zero attached hydrogens (tertiary/aromatic N) is 2. The number of rotatable bonds is 6. The van der Waals surface area contributed by atoms with E-state index in [9.17, 15) is 13.6 Å². The highest BCUT2D eigenvalue weighted by Crippen LogP contribution is 2.30. The van der Waals surface area contributed by atoms with Gasteiger partial charge in [0.2, 0.25) is 11.7 Å². The highest BCUT2D eigenvalue weighted by atomic mass is 32.1. The Bertz CT molecular complexity index is 649. The first-order valence-electron chi connectivity index (χ1n) is 6.90. The molecule has 2 aromatic rings. The number of hydrogen-bond acceptors (Lipinski definition) is 5. The smallest absolute Gasteiger partial charge is 0.322 e. The van der Waals surface area contributed by atoms with Crippen LogP contribution in [-0.2, 0) is 17.3 Å². The largest absolute Gasteiger partial charge is 0.351 e. The third-order valence-electron chi connectivity index (χ3n) is 3.18. The van der Waals surface area contributed by atoms with Crippen LogP contribution in [0.5, 0.6) is 0 Å². The van der Waals surface area contributed by atoms with Crippen molar-refractivity contribution in [1.29, 1.82) is 0 Å². The molecule has 1 atom stereocenters. The van der Waals surface area contributed by atoms with Crippen molar-refractivity contribution in [3.63, 3.8) is 0 Å². The fraction of sp³-hybridized carbons (Fsp3) is 0.500. The second kappa shape index (κ2) is 6.51. The summed E-state index contributed by atoms with van der Waals surface area (Å²) < 4.78 is 30.7. The van der Waals surface area contributed by atoms with Crippen molar-refractivity contribution < 1.29 is 18.1 Å². The molecule has 1 unspecified atom stereocenters. The van der Waals surface area contributed by atoms with E-state index >= 15 is 0 Å². The number of carbonyl (C=O) groups excluding carboxylic acids is 1. The van der Waals surface area contributed by atoms with E-state index in [0.717, 1.165) is 11.3 Å². The summed E-state index contributed by atoms with van der Waals surface area (Å²) in [4.78, 5) is 16.9. The Balaban J connectivity index is 2.02. The van der Waals surface area contributed by atoms with Gasteiger partial charge in [-0.2, -0.15) is 13.8 Å². The molecule has 5 nitrogen and oxygen atoms in total. The van der Waals surface area contributed by atoms with Crippen LogP contribution >= 0.6 is 11.3 Å². The van der Waals surface area contributed by atoms with Gasteiger partial charge in [-0.15, -0.1) is 11.3 Å². The van der Waals surface area contributed by atoms with Gasteiger partial charge in [0.05, 0.1) is 11.4 Å². The van der Waals surface area contributed by atoms with Gasteiger partial charge in [0.1, 0.15) is 0 Å². The quantitative estimate of drug-likeness (QED) is 0.879. The first-order chi connectivity index (χ1) is 10.3. The standard InChI is InChI=1S/C14H17F2N3O2S/c1-4-8(2)12(20)17-7-9-5-6-10(22-9)11-18-13(21-19-11)14(3,15)16/h5-6,8H,4,7H2,1-3H3,(H,17,20). The normalized spacial score (nSPS) is 13.1. The van der Waals surface area contributed by atoms with Gasteiger partial charge in [0.25, 0.3) is 5.89 Å². The van der Waals surface area contributed by atoms with Crippen LogP contribution in [-0.4, -0.2) is 16.0 Å². The average molecular weight is 329 g/mol. The molecule has 0 saturated heterocycles. The summed E-state index contributed by atoms with van der Waals surface area (Å²) in [6.07, 6.45) is 0.776. The Kier molecular flexibility index (Phi) is 4.90. The van der Waals surface area contributed by atoms with Gasteiger partial charge in [-0.1, -0.05) is 19.0 Å². The van der Waals surface area contributed by atoms with Crippen molar-refractivity contribution >= 4 is 17.2 Å². The molecule has 0 bridgehead atoms. The van der Waals surface area contributed by atoms with E-state index in [-0.39, 0.29) is 17.6 Å². The highest BCUT2D eigenvalue weighted by Gasteiger charge is 2.32. The van der Waals surface area contributed by atoms with E-state index in [1.807, 2.05) is 13.8 Å². The molecule has 2 rings (SSSR count). The third kappa shape index (κ3) is 3.88. The van der Waals surface area contributed by atoms with Crippen LogP contribution in [0.1, 0.15) is 38.0 Å². The number of thiophene rings is 1. The van der Waals surface area contributed by atoms with Gasteiger partial charge in [0.15, 0.2) is 0 Å². The average Bonchev–Trinajstić information content (AvgIpc) is 3.11. The minimum absolute atomic E-state index is 0.00933. The zero-order valence-electron chi connectivity index (χ0n) is 12.5. The monoisotopic (exact) mass is 329 g/mol. The van der Waals surface area contributed by atoms with Gasteiger partial charge in [-0.3, -0.25) is 4.79 Å². The summed E-state index contributed by atoms with van der Waals surface area (Å²) in [6, 6.07) is 3.52. The molecule has 8 heteroatoms. The minimum Gasteiger partial charge on any atom is -0.351 e. The van der Waals surface area contributed by atoms with Crippen LogP contribution in [0.4, 0.5) is 8.78 Å². The van der Waals surface area contributed by atoms with Gasteiger partial charge in [-0.05, 0) is 18.6 Å². The Hall–Kier alpha value is -1.83. The molecule has 1 amide bonds. The summed E-state index contributed by atoms with van der Waals surface area (Å²) in [5.41, 5.74) is 0. The van der Waals surface area contributed by atoms with Crippen molar-refractivity contribution in [3.05, 3.63) is 22.9 Å². The lowest BCUT2D eigenvalue weighted by Gasteiger charge is -2.08. The van der Waals surface area contributed by atoms with Crippen LogP contribution in [0.25, 0.3) is 10.7 Å². The number of nitrogens with one attached hydrogen (secondary N) is 1. The van der Waals surface area contributed by atoms with E-state index in [1.54, 1.807) is 12.1 Å². The first-order valence-corrected chi connectivity index (χ1v) is 7.71. The molecule has 0 spiro atoms. The van der Waals surface area contributed by atoms with E-state index < -0.39 is 11.8 Å². The molecular weight excluding hydrogens is 312 g/mol. The molecular formula is C14H17F2N3O2S. The number of amides is 1. The minimum atomic E-state index is -3.16. The lowest BCUT2D eigenvalue weighted by atomic mass is 10.1. The molecule has 2 heterocycles. The molecule has 2 aromatic heterocycles. The number of hydrogen-bond donors (Lipinski definition) is 1. The Morgan fingerprint density at radius 1 is 1.50 bits per heavy atom. The molecule has 0 aliphatic carbocycles. The lowest BCUT2D eigenvalue weighted by Crippen LogP contribution is -2.27. The van der Waals surface area contributed by atoms with Crippen LogP contribution in [0.3, 0.4) is 0 Å². The lowest BCUT2D eigenvalue weighted by molar-refractivity contribution is -0.124. The molecule has 0 saturated carbocycles. The molecule has 0 radical (unpaired) electrons. The SMILES string of the molecule is CCC(C)C(=O)NCc1ccc(-c2noc(C(C)(F)F)n2)s1. The third-order valence-corrected chi connectivity index (χ3v) is 4.26. The van der Waals surface area contributed by atoms with Crippen molar-refractivity contribution in [2.24, 2.45) is 5.92 Å². The topological polar surface area (TPSA) is 68.0 Å². The van der Waals surface area contributed by atoms with Gasteiger partial charge >= 0.3 is 5.92 Å². The zero-order chi connectivity index (χ0) is 16.3. The van der Waals surface area contributed by atoms with Gasteiger partial charge in [-0.25, -0.2) is 0 Å². The van der Waals surface area contributed by atoms with Crippen LogP contribution in [0.15, 0.2) is 16.7 Å². The number of alkyl halides is 2. The van der Waals surface area contributed by atoms with Gasteiger partial charge < -0.3 is 9.84 Å². The Morgan fingerprint density at radius 2 is 2.23 bits per heavy atom. The predicted molar refractivity (Wildman–Crippen MR) is 78.5 cm³/mol. The second-order valence-corrected chi connectivity index (χ2v) is 6.27. The second-order valence-electron chi connectivity index (χ2n) is 5.10. The maximum Gasteiger partial charge on any atom is 0.322 e. The van der Waals surface area contributed by atoms with E-state index in [1.165, 1.54) is 11.3 Å². The van der Waals surface area contributed by atoms with Crippen LogP contribution in [0, 0.1) is 5.92 Å². The number of halogens is 2. The van der Waals surface area contributed by atoms with Crippen molar-refractivity contribution in [1.82, 2.24) is 15.5 Å². The number of carbonyl (C=O) groups is 1. The molecule has 120 valence electrons. The molecule has 0 fully saturated rings. The predicted octanol–water partition coefficient (Wildman–Crippen LogP) is 3.57. The zero-order valence-corrected chi connectivity index (χ0v) is 13.3. The molecule has 0 aliphatic rings. The van der Waals surface area contributed by atoms with Crippen LogP contribution < -0.4 is 5.32 Å². The fourth-order valence-corrected chi connectivity index (χ4v) is 2.50. The van der Waals surface area contributed by atoms with E-state index in [4.69, 9.17) is 0 Å². The summed E-state index contributed by atoms with van der Waals surface area (Å²) in [5.74, 6) is -3.78. The van der Waals surface area contributed by atoms with Crippen molar-refractivity contribution in [3.8, 4) is 10.7 Å². The van der Waals surface area contributed by atoms with Gasteiger partial charge in [0, 0.05) is 17.7 Å². The summed E-state index contributed by atoms with van der Waals surface area (Å²) >= 11 is 1.33. The fourth-order valence-electron chi connectivity index (χ4n) is 1.63. The maximum absolute atomic E-state index is 13.1. The molecule has 0 aromatic carbocycles. The van der Waals surface area contributed by atoms with E-state index in [2.05, 4.69) is 20.0 Å². The Morgan fingerprint density at radius 3 is 2.82 bits per heavy atom. The van der Waals surface area contributed by atoms with Crippen molar-refractivity contribution in [2.45, 2.75) is 39.7 Å². The Labute approximate surface area is 130 Å². The summed E-state index contributed by atoms with van der Waals surface area (Å²) in [6.45, 7) is 4.91. The van der Waals surface area contributed by atoms with E-state index in [0.29, 0.717) is 18.3 Å². The maximum atomic E-state index is 13.1. The molecule has 22 heavy (non-hydrogen) atoms. The highest BCUT2D eigenvalue weighted by molar-refractivity contribution is 7.15. The molecule has 1 N–H and O–H groups in total. The van der Waals surface area contributed by atoms with Crippen molar-refractivity contribution in [2.75, 3.05) is 0 Å². The summed E-state index contributed by atoms with van der Waals surface area (Å²) in [5, 5.41) is 6.39. The first kappa shape index (κ1) is 16.5.